The maximum absolute atomic E-state index is 12.9. The molecule has 0 saturated heterocycles. The van der Waals surface area contributed by atoms with Crippen LogP contribution in [0.15, 0.2) is 54.6 Å². The van der Waals surface area contributed by atoms with Crippen molar-refractivity contribution in [1.82, 2.24) is 10.6 Å². The number of nitrogens with one attached hydrogen (secondary N) is 2. The number of alkyl carbamates (subject to hydrolysis) is 1. The fourth-order valence-corrected chi connectivity index (χ4v) is 2.97. The summed E-state index contributed by atoms with van der Waals surface area (Å²) in [5, 5.41) is 14.7. The SMILES string of the molecule is CC[C@H](C)[C@H](NC(=O)[C@H](Cc1ccc(O)cc1)NC(=O)OCc1ccccc1)C(N)=O. The van der Waals surface area contributed by atoms with E-state index < -0.39 is 30.0 Å². The zero-order valence-corrected chi connectivity index (χ0v) is 17.7. The van der Waals surface area contributed by atoms with Crippen LogP contribution < -0.4 is 16.4 Å². The van der Waals surface area contributed by atoms with Gasteiger partial charge in [0.05, 0.1) is 0 Å². The van der Waals surface area contributed by atoms with Gasteiger partial charge in [0.15, 0.2) is 0 Å². The summed E-state index contributed by atoms with van der Waals surface area (Å²) in [5.41, 5.74) is 6.97. The van der Waals surface area contributed by atoms with E-state index in [-0.39, 0.29) is 24.7 Å². The van der Waals surface area contributed by atoms with Gasteiger partial charge in [0.2, 0.25) is 11.8 Å². The zero-order valence-electron chi connectivity index (χ0n) is 17.7. The average Bonchev–Trinajstić information content (AvgIpc) is 2.76. The Morgan fingerprint density at radius 1 is 1.00 bits per heavy atom. The van der Waals surface area contributed by atoms with Gasteiger partial charge in [-0.3, -0.25) is 9.59 Å². The number of primary amides is 1. The van der Waals surface area contributed by atoms with Crippen LogP contribution in [-0.4, -0.2) is 35.1 Å². The highest BCUT2D eigenvalue weighted by Gasteiger charge is 2.29. The second kappa shape index (κ2) is 11.6. The minimum absolute atomic E-state index is 0.0526. The highest BCUT2D eigenvalue weighted by atomic mass is 16.5. The molecule has 0 bridgehead atoms. The Morgan fingerprint density at radius 2 is 1.65 bits per heavy atom. The summed E-state index contributed by atoms with van der Waals surface area (Å²) in [6, 6.07) is 13.6. The number of nitrogens with two attached hydrogens (primary N) is 1. The molecule has 0 unspecified atom stereocenters. The van der Waals surface area contributed by atoms with Gasteiger partial charge < -0.3 is 26.2 Å². The number of hydrogen-bond donors (Lipinski definition) is 4. The van der Waals surface area contributed by atoms with Crippen LogP contribution in [-0.2, 0) is 27.4 Å². The maximum atomic E-state index is 12.9. The van der Waals surface area contributed by atoms with Crippen molar-refractivity contribution in [2.24, 2.45) is 11.7 Å². The van der Waals surface area contributed by atoms with E-state index in [4.69, 9.17) is 10.5 Å². The molecule has 0 spiro atoms. The van der Waals surface area contributed by atoms with Gasteiger partial charge in [-0.05, 0) is 29.2 Å². The first-order valence-corrected chi connectivity index (χ1v) is 10.1. The molecule has 166 valence electrons. The molecule has 0 aliphatic carbocycles. The summed E-state index contributed by atoms with van der Waals surface area (Å²) >= 11 is 0. The quantitative estimate of drug-likeness (QED) is 0.462. The van der Waals surface area contributed by atoms with E-state index in [0.717, 1.165) is 5.56 Å². The van der Waals surface area contributed by atoms with Gasteiger partial charge in [0.1, 0.15) is 24.4 Å². The molecule has 0 aliphatic heterocycles. The molecule has 3 amide bonds. The molecule has 2 rings (SSSR count). The summed E-state index contributed by atoms with van der Waals surface area (Å²) < 4.78 is 5.22. The van der Waals surface area contributed by atoms with E-state index in [9.17, 15) is 19.5 Å². The van der Waals surface area contributed by atoms with Crippen LogP contribution in [0.25, 0.3) is 0 Å². The zero-order chi connectivity index (χ0) is 22.8. The standard InChI is InChI=1S/C23H29N3O5/c1-3-15(2)20(21(24)28)26-22(29)19(13-16-9-11-18(27)12-10-16)25-23(30)31-14-17-7-5-4-6-8-17/h4-12,15,19-20,27H,3,13-14H2,1-2H3,(H2,24,28)(H,25,30)(H,26,29)/t15-,19-,20-/m0/s1. The lowest BCUT2D eigenvalue weighted by atomic mass is 9.97. The van der Waals surface area contributed by atoms with E-state index in [0.29, 0.717) is 12.0 Å². The number of amides is 3. The smallest absolute Gasteiger partial charge is 0.408 e. The molecule has 3 atom stereocenters. The van der Waals surface area contributed by atoms with Crippen LogP contribution in [0.2, 0.25) is 0 Å². The van der Waals surface area contributed by atoms with Crippen molar-refractivity contribution in [1.29, 1.82) is 0 Å². The highest BCUT2D eigenvalue weighted by molar-refractivity contribution is 5.91. The number of aromatic hydroxyl groups is 1. The molecule has 31 heavy (non-hydrogen) atoms. The summed E-state index contributed by atoms with van der Waals surface area (Å²) in [6.07, 6.45) is 0.0173. The highest BCUT2D eigenvalue weighted by Crippen LogP contribution is 2.13. The van der Waals surface area contributed by atoms with E-state index in [1.54, 1.807) is 12.1 Å². The number of phenolic OH excluding ortho intramolecular Hbond substituents is 1. The molecule has 0 radical (unpaired) electrons. The minimum Gasteiger partial charge on any atom is -0.508 e. The van der Waals surface area contributed by atoms with Crippen molar-refractivity contribution >= 4 is 17.9 Å². The maximum Gasteiger partial charge on any atom is 0.408 e. The lowest BCUT2D eigenvalue weighted by Gasteiger charge is -2.25. The molecule has 5 N–H and O–H groups in total. The van der Waals surface area contributed by atoms with Gasteiger partial charge in [0, 0.05) is 6.42 Å². The van der Waals surface area contributed by atoms with Crippen LogP contribution in [0.5, 0.6) is 5.75 Å². The molecular formula is C23H29N3O5. The van der Waals surface area contributed by atoms with Crippen molar-refractivity contribution in [3.8, 4) is 5.75 Å². The molecule has 2 aromatic carbocycles. The molecule has 2 aromatic rings. The molecule has 0 heterocycles. The molecule has 8 heteroatoms. The average molecular weight is 428 g/mol. The third kappa shape index (κ3) is 7.65. The first kappa shape index (κ1) is 23.7. The number of carbonyl (C=O) groups excluding carboxylic acids is 3. The van der Waals surface area contributed by atoms with Gasteiger partial charge >= 0.3 is 6.09 Å². The third-order valence-corrected chi connectivity index (χ3v) is 5.01. The molecule has 0 aliphatic rings. The second-order valence-electron chi connectivity index (χ2n) is 7.40. The topological polar surface area (TPSA) is 131 Å². The fourth-order valence-electron chi connectivity index (χ4n) is 2.97. The molecular weight excluding hydrogens is 398 g/mol. The largest absolute Gasteiger partial charge is 0.508 e. The predicted octanol–water partition coefficient (Wildman–Crippen LogP) is 2.25. The molecule has 0 fully saturated rings. The molecule has 8 nitrogen and oxygen atoms in total. The Labute approximate surface area is 181 Å². The molecule has 0 aromatic heterocycles. The van der Waals surface area contributed by atoms with E-state index in [1.807, 2.05) is 44.2 Å². The Hall–Kier alpha value is -3.55. The van der Waals surface area contributed by atoms with E-state index in [2.05, 4.69) is 10.6 Å². The Balaban J connectivity index is 2.10. The van der Waals surface area contributed by atoms with Crippen LogP contribution in [0.3, 0.4) is 0 Å². The van der Waals surface area contributed by atoms with Crippen molar-refractivity contribution in [3.05, 3.63) is 65.7 Å². The van der Waals surface area contributed by atoms with Gasteiger partial charge in [-0.2, -0.15) is 0 Å². The predicted molar refractivity (Wildman–Crippen MR) is 116 cm³/mol. The minimum atomic E-state index is -1.00. The van der Waals surface area contributed by atoms with Crippen LogP contribution in [0, 0.1) is 5.92 Å². The summed E-state index contributed by atoms with van der Waals surface area (Å²) in [5.74, 6) is -1.27. The lowest BCUT2D eigenvalue weighted by molar-refractivity contribution is -0.129. The second-order valence-corrected chi connectivity index (χ2v) is 7.40. The number of ether oxygens (including phenoxy) is 1. The Bertz CT molecular complexity index is 871. The lowest BCUT2D eigenvalue weighted by Crippen LogP contribution is -2.55. The van der Waals surface area contributed by atoms with Gasteiger partial charge in [0.25, 0.3) is 0 Å². The van der Waals surface area contributed by atoms with Gasteiger partial charge in [-0.15, -0.1) is 0 Å². The summed E-state index contributed by atoms with van der Waals surface area (Å²) in [7, 11) is 0. The number of hydrogen-bond acceptors (Lipinski definition) is 5. The first-order valence-electron chi connectivity index (χ1n) is 10.1. The number of rotatable bonds is 10. The van der Waals surface area contributed by atoms with Crippen molar-refractivity contribution < 1.29 is 24.2 Å². The van der Waals surface area contributed by atoms with Crippen LogP contribution in [0.4, 0.5) is 4.79 Å². The number of benzene rings is 2. The fraction of sp³-hybridized carbons (Fsp3) is 0.348. The van der Waals surface area contributed by atoms with Crippen molar-refractivity contribution in [2.75, 3.05) is 0 Å². The van der Waals surface area contributed by atoms with Gasteiger partial charge in [-0.25, -0.2) is 4.79 Å². The monoisotopic (exact) mass is 427 g/mol. The van der Waals surface area contributed by atoms with Crippen molar-refractivity contribution in [2.45, 2.75) is 45.4 Å². The number of carbonyl (C=O) groups is 3. The normalized spacial score (nSPS) is 13.5. The molecule has 0 saturated carbocycles. The Morgan fingerprint density at radius 3 is 2.23 bits per heavy atom. The summed E-state index contributed by atoms with van der Waals surface area (Å²) in [6.45, 7) is 3.75. The van der Waals surface area contributed by atoms with Gasteiger partial charge in [-0.1, -0.05) is 62.7 Å². The third-order valence-electron chi connectivity index (χ3n) is 5.01. The van der Waals surface area contributed by atoms with Crippen LogP contribution >= 0.6 is 0 Å². The van der Waals surface area contributed by atoms with E-state index in [1.165, 1.54) is 12.1 Å². The van der Waals surface area contributed by atoms with Crippen LogP contribution in [0.1, 0.15) is 31.4 Å². The van der Waals surface area contributed by atoms with E-state index >= 15 is 0 Å². The van der Waals surface area contributed by atoms with Crippen molar-refractivity contribution in [3.63, 3.8) is 0 Å². The first-order chi connectivity index (χ1) is 14.8. The Kier molecular flexibility index (Phi) is 8.87. The number of phenols is 1. The summed E-state index contributed by atoms with van der Waals surface area (Å²) in [4.78, 5) is 37.1.